The van der Waals surface area contributed by atoms with E-state index in [9.17, 15) is 0 Å². The quantitative estimate of drug-likeness (QED) is 0.455. The molecule has 0 saturated heterocycles. The van der Waals surface area contributed by atoms with E-state index in [-0.39, 0.29) is 0 Å². The van der Waals surface area contributed by atoms with Crippen LogP contribution in [0.25, 0.3) is 0 Å². The minimum atomic E-state index is -1.25. The van der Waals surface area contributed by atoms with Gasteiger partial charge in [-0.1, -0.05) is 67.9 Å². The first kappa shape index (κ1) is 17.5. The summed E-state index contributed by atoms with van der Waals surface area (Å²) in [5, 5.41) is 1.15. The maximum Gasteiger partial charge on any atom is 0.326 e. The third-order valence-electron chi connectivity index (χ3n) is 3.85. The Labute approximate surface area is 151 Å². The van der Waals surface area contributed by atoms with Crippen LogP contribution in [0.2, 0.25) is 0 Å². The molecule has 3 aromatic carbocycles. The largest absolute Gasteiger partial charge is 0.435 e. The second-order valence-electron chi connectivity index (χ2n) is 5.80. The van der Waals surface area contributed by atoms with Gasteiger partial charge in [0.05, 0.1) is 5.30 Å². The lowest BCUT2D eigenvalue weighted by molar-refractivity contribution is 0.501. The fraction of sp³-hybridized carbons (Fsp3) is 0.182. The van der Waals surface area contributed by atoms with Crippen molar-refractivity contribution >= 4 is 13.7 Å². The average molecular weight is 350 g/mol. The van der Waals surface area contributed by atoms with Crippen LogP contribution < -0.4 is 14.4 Å². The Morgan fingerprint density at radius 2 is 1.20 bits per heavy atom. The summed E-state index contributed by atoms with van der Waals surface area (Å²) in [5.74, 6) is 1.66. The van der Waals surface area contributed by atoms with E-state index in [4.69, 9.17) is 9.05 Å². The molecule has 0 N–H and O–H groups in total. The molecule has 0 atom stereocenters. The Morgan fingerprint density at radius 1 is 0.680 bits per heavy atom. The summed E-state index contributed by atoms with van der Waals surface area (Å²) >= 11 is 0. The van der Waals surface area contributed by atoms with Gasteiger partial charge in [0.2, 0.25) is 0 Å². The summed E-state index contributed by atoms with van der Waals surface area (Å²) in [6.45, 7) is 2.21. The minimum absolute atomic E-state index is 0.829. The third kappa shape index (κ3) is 5.08. The highest BCUT2D eigenvalue weighted by Crippen LogP contribution is 2.40. The van der Waals surface area contributed by atoms with Gasteiger partial charge in [0, 0.05) is 0 Å². The molecule has 0 bridgehead atoms. The van der Waals surface area contributed by atoms with Crippen molar-refractivity contribution in [3.63, 3.8) is 0 Å². The summed E-state index contributed by atoms with van der Waals surface area (Å²) in [6, 6.07) is 28.2. The van der Waals surface area contributed by atoms with E-state index in [1.165, 1.54) is 12.0 Å². The maximum atomic E-state index is 6.27. The lowest BCUT2D eigenvalue weighted by atomic mass is 10.1. The summed E-state index contributed by atoms with van der Waals surface area (Å²) in [4.78, 5) is 0. The summed E-state index contributed by atoms with van der Waals surface area (Å²) in [5.41, 5.74) is 1.31. The van der Waals surface area contributed by atoms with Crippen LogP contribution in [0.4, 0.5) is 0 Å². The van der Waals surface area contributed by atoms with E-state index in [1.807, 2.05) is 60.7 Å². The van der Waals surface area contributed by atoms with Crippen molar-refractivity contribution in [1.82, 2.24) is 0 Å². The van der Waals surface area contributed by atoms with E-state index in [1.54, 1.807) is 0 Å². The molecule has 3 aromatic rings. The van der Waals surface area contributed by atoms with Crippen LogP contribution in [0.1, 0.15) is 25.3 Å². The van der Waals surface area contributed by atoms with Crippen molar-refractivity contribution in [3.05, 3.63) is 90.5 Å². The highest BCUT2D eigenvalue weighted by molar-refractivity contribution is 7.56. The lowest BCUT2D eigenvalue weighted by Gasteiger charge is -2.21. The van der Waals surface area contributed by atoms with Gasteiger partial charge in [0.15, 0.2) is 0 Å². The van der Waals surface area contributed by atoms with E-state index in [0.29, 0.717) is 0 Å². The molecule has 2 nitrogen and oxygen atoms in total. The molecular formula is C22H23O2P. The van der Waals surface area contributed by atoms with Crippen LogP contribution in [-0.4, -0.2) is 0 Å². The Kier molecular flexibility index (Phi) is 6.48. The molecular weight excluding hydrogens is 327 g/mol. The minimum Gasteiger partial charge on any atom is -0.435 e. The molecule has 0 aromatic heterocycles. The molecule has 25 heavy (non-hydrogen) atoms. The second kappa shape index (κ2) is 9.25. The summed E-state index contributed by atoms with van der Waals surface area (Å²) in [7, 11) is -1.25. The van der Waals surface area contributed by atoms with Gasteiger partial charge in [-0.2, -0.15) is 0 Å². The number of aryl methyl sites for hydroxylation is 1. The zero-order valence-electron chi connectivity index (χ0n) is 14.5. The second-order valence-corrected chi connectivity index (χ2v) is 7.16. The normalized spacial score (nSPS) is 10.6. The Balaban J connectivity index is 1.90. The van der Waals surface area contributed by atoms with Crippen molar-refractivity contribution in [3.8, 4) is 11.5 Å². The van der Waals surface area contributed by atoms with Gasteiger partial charge in [-0.15, -0.1) is 0 Å². The van der Waals surface area contributed by atoms with Crippen LogP contribution in [0.3, 0.4) is 0 Å². The smallest absolute Gasteiger partial charge is 0.326 e. The van der Waals surface area contributed by atoms with E-state index in [0.717, 1.165) is 29.6 Å². The predicted molar refractivity (Wildman–Crippen MR) is 106 cm³/mol. The maximum absolute atomic E-state index is 6.27. The van der Waals surface area contributed by atoms with E-state index >= 15 is 0 Å². The molecule has 0 amide bonds. The molecule has 3 rings (SSSR count). The number of para-hydroxylation sites is 2. The zero-order valence-corrected chi connectivity index (χ0v) is 15.4. The number of benzene rings is 3. The highest BCUT2D eigenvalue weighted by Gasteiger charge is 2.21. The molecule has 128 valence electrons. The van der Waals surface area contributed by atoms with Crippen molar-refractivity contribution in [2.24, 2.45) is 0 Å². The van der Waals surface area contributed by atoms with Gasteiger partial charge in [0.25, 0.3) is 0 Å². The number of hydrogen-bond donors (Lipinski definition) is 0. The molecule has 0 radical (unpaired) electrons. The molecule has 0 spiro atoms. The van der Waals surface area contributed by atoms with Gasteiger partial charge < -0.3 is 9.05 Å². The Morgan fingerprint density at radius 3 is 1.76 bits per heavy atom. The van der Waals surface area contributed by atoms with Crippen LogP contribution in [-0.2, 0) is 6.42 Å². The Hall–Kier alpha value is -2.31. The van der Waals surface area contributed by atoms with Crippen molar-refractivity contribution < 1.29 is 9.05 Å². The average Bonchev–Trinajstić information content (AvgIpc) is 2.68. The van der Waals surface area contributed by atoms with E-state index in [2.05, 4.69) is 31.2 Å². The molecule has 0 heterocycles. The first-order valence-electron chi connectivity index (χ1n) is 8.71. The predicted octanol–water partition coefficient (Wildman–Crippen LogP) is 6.12. The number of hydrogen-bond acceptors (Lipinski definition) is 2. The van der Waals surface area contributed by atoms with Crippen LogP contribution in [0.5, 0.6) is 11.5 Å². The molecule has 0 aliphatic carbocycles. The molecule has 3 heteroatoms. The first-order valence-corrected chi connectivity index (χ1v) is 9.88. The van der Waals surface area contributed by atoms with E-state index < -0.39 is 8.38 Å². The number of rotatable bonds is 8. The fourth-order valence-electron chi connectivity index (χ4n) is 2.54. The van der Waals surface area contributed by atoms with Crippen molar-refractivity contribution in [2.75, 3.05) is 0 Å². The van der Waals surface area contributed by atoms with Gasteiger partial charge in [-0.05, 0) is 48.7 Å². The standard InChI is InChI=1S/C22H23O2P/c1-2-3-12-19-13-10-11-18-22(19)25(23-20-14-6-4-7-15-20)24-21-16-8-5-9-17-21/h4-11,13-18H,2-3,12H2,1H3. The van der Waals surface area contributed by atoms with Gasteiger partial charge >= 0.3 is 8.38 Å². The molecule has 0 aliphatic rings. The molecule has 0 saturated carbocycles. The van der Waals surface area contributed by atoms with Crippen molar-refractivity contribution in [2.45, 2.75) is 26.2 Å². The van der Waals surface area contributed by atoms with Gasteiger partial charge in [0.1, 0.15) is 11.5 Å². The fourth-order valence-corrected chi connectivity index (χ4v) is 4.03. The van der Waals surface area contributed by atoms with Crippen molar-refractivity contribution in [1.29, 1.82) is 0 Å². The zero-order chi connectivity index (χ0) is 17.3. The van der Waals surface area contributed by atoms with Gasteiger partial charge in [-0.3, -0.25) is 0 Å². The SMILES string of the molecule is CCCCc1ccccc1P(Oc1ccccc1)Oc1ccccc1. The summed E-state index contributed by atoms with van der Waals surface area (Å²) < 4.78 is 12.5. The monoisotopic (exact) mass is 350 g/mol. The lowest BCUT2D eigenvalue weighted by Crippen LogP contribution is -2.15. The highest BCUT2D eigenvalue weighted by atomic mass is 31.2. The topological polar surface area (TPSA) is 18.5 Å². The van der Waals surface area contributed by atoms with Crippen LogP contribution in [0, 0.1) is 0 Å². The third-order valence-corrected chi connectivity index (χ3v) is 5.43. The summed E-state index contributed by atoms with van der Waals surface area (Å²) in [6.07, 6.45) is 3.38. The Bertz CT molecular complexity index is 718. The molecule has 0 fully saturated rings. The molecule has 0 aliphatic heterocycles. The van der Waals surface area contributed by atoms with Crippen LogP contribution in [0.15, 0.2) is 84.9 Å². The first-order chi connectivity index (χ1) is 12.4. The number of unbranched alkanes of at least 4 members (excludes halogenated alkanes) is 1. The van der Waals surface area contributed by atoms with Gasteiger partial charge in [-0.25, -0.2) is 0 Å². The molecule has 0 unspecified atom stereocenters. The van der Waals surface area contributed by atoms with Crippen LogP contribution >= 0.6 is 8.38 Å².